The average molecular weight is 529 g/mol. The molecule has 0 N–H and O–H groups in total. The molecule has 5 nitrogen and oxygen atoms in total. The number of hydrogen-bond donors (Lipinski definition) is 0. The molecule has 0 unspecified atom stereocenters. The van der Waals surface area contributed by atoms with Gasteiger partial charge in [0.05, 0.1) is 16.6 Å². The van der Waals surface area contributed by atoms with Gasteiger partial charge in [-0.3, -0.25) is 9.69 Å². The molecule has 1 amide bonds. The number of hydrogen-bond acceptors (Lipinski definition) is 4. The molecule has 1 saturated carbocycles. The molecule has 1 aromatic rings. The summed E-state index contributed by atoms with van der Waals surface area (Å²) in [4.78, 5) is 17.4. The predicted octanol–water partition coefficient (Wildman–Crippen LogP) is 5.41. The molecule has 0 spiro atoms. The van der Waals surface area contributed by atoms with E-state index in [1.807, 2.05) is 0 Å². The SMILES string of the molecule is CCN(C(C)C)[C@@H]1CC[C@H](N2CCC(c3cccc(C(F)(F)F)c3)=CC2=O)[C@H](CS(=O)(=O)C(C)C)C1. The van der Waals surface area contributed by atoms with Gasteiger partial charge in [0.1, 0.15) is 0 Å². The predicted molar refractivity (Wildman–Crippen MR) is 137 cm³/mol. The molecule has 1 heterocycles. The van der Waals surface area contributed by atoms with Crippen molar-refractivity contribution in [3.05, 3.63) is 41.5 Å². The Kier molecular flexibility index (Phi) is 8.97. The van der Waals surface area contributed by atoms with Crippen molar-refractivity contribution in [2.45, 2.75) is 89.9 Å². The first-order valence-corrected chi connectivity index (χ1v) is 14.6. The first-order valence-electron chi connectivity index (χ1n) is 12.9. The molecule has 0 bridgehead atoms. The van der Waals surface area contributed by atoms with Gasteiger partial charge in [-0.15, -0.1) is 0 Å². The van der Waals surface area contributed by atoms with Gasteiger partial charge in [-0.05, 0) is 89.1 Å². The fourth-order valence-electron chi connectivity index (χ4n) is 5.76. The van der Waals surface area contributed by atoms with Gasteiger partial charge in [0.2, 0.25) is 5.91 Å². The van der Waals surface area contributed by atoms with Crippen LogP contribution in [0.5, 0.6) is 0 Å². The summed E-state index contributed by atoms with van der Waals surface area (Å²) in [6.45, 7) is 11.0. The summed E-state index contributed by atoms with van der Waals surface area (Å²) in [5.74, 6) is -0.396. The second-order valence-corrected chi connectivity index (χ2v) is 13.2. The minimum absolute atomic E-state index is 0.0372. The van der Waals surface area contributed by atoms with Crippen molar-refractivity contribution in [2.24, 2.45) is 5.92 Å². The first kappa shape index (κ1) is 28.7. The van der Waals surface area contributed by atoms with E-state index in [4.69, 9.17) is 0 Å². The Balaban J connectivity index is 1.85. The highest BCUT2D eigenvalue weighted by Crippen LogP contribution is 2.37. The molecule has 2 aliphatic rings. The lowest BCUT2D eigenvalue weighted by Crippen LogP contribution is -2.54. The standard InChI is InChI=1S/C27H39F3N2O3S/c1-6-31(18(2)3)24-10-11-25(22(15-24)17-36(34,35)19(4)5)32-13-12-21(16-26(32)33)20-8-7-9-23(14-20)27(28,29)30/h7-9,14,16,18-19,22,24-25H,6,10-13,15,17H2,1-5H3/t22-,24+,25-/m0/s1. The van der Waals surface area contributed by atoms with Crippen molar-refractivity contribution in [2.75, 3.05) is 18.8 Å². The maximum absolute atomic E-state index is 13.3. The van der Waals surface area contributed by atoms with Crippen molar-refractivity contribution in [1.82, 2.24) is 9.80 Å². The first-order chi connectivity index (χ1) is 16.7. The highest BCUT2D eigenvalue weighted by molar-refractivity contribution is 7.91. The van der Waals surface area contributed by atoms with Crippen molar-refractivity contribution < 1.29 is 26.4 Å². The van der Waals surface area contributed by atoms with Gasteiger partial charge >= 0.3 is 6.18 Å². The van der Waals surface area contributed by atoms with Gasteiger partial charge < -0.3 is 4.90 Å². The molecule has 3 rings (SSSR count). The summed E-state index contributed by atoms with van der Waals surface area (Å²) in [7, 11) is -3.31. The Labute approximate surface area is 213 Å². The average Bonchev–Trinajstić information content (AvgIpc) is 2.79. The number of benzene rings is 1. The summed E-state index contributed by atoms with van der Waals surface area (Å²) in [5.41, 5.74) is 0.244. The van der Waals surface area contributed by atoms with E-state index in [1.165, 1.54) is 12.1 Å². The fourth-order valence-corrected chi connectivity index (χ4v) is 7.10. The van der Waals surface area contributed by atoms with Gasteiger partial charge in [0.25, 0.3) is 0 Å². The van der Waals surface area contributed by atoms with E-state index in [-0.39, 0.29) is 29.7 Å². The van der Waals surface area contributed by atoms with Crippen LogP contribution in [-0.4, -0.2) is 66.3 Å². The van der Waals surface area contributed by atoms with Crippen LogP contribution in [-0.2, 0) is 20.8 Å². The monoisotopic (exact) mass is 528 g/mol. The van der Waals surface area contributed by atoms with Crippen LogP contribution < -0.4 is 0 Å². The Morgan fingerprint density at radius 1 is 1.14 bits per heavy atom. The van der Waals surface area contributed by atoms with Crippen LogP contribution in [0.4, 0.5) is 13.2 Å². The molecule has 202 valence electrons. The fraction of sp³-hybridized carbons (Fsp3) is 0.667. The third-order valence-electron chi connectivity index (χ3n) is 7.74. The molecular formula is C27H39F3N2O3S. The molecule has 1 fully saturated rings. The number of amides is 1. The van der Waals surface area contributed by atoms with E-state index in [0.29, 0.717) is 43.0 Å². The number of nitrogens with zero attached hydrogens (tertiary/aromatic N) is 2. The van der Waals surface area contributed by atoms with Gasteiger partial charge in [-0.25, -0.2) is 8.42 Å². The quantitative estimate of drug-likeness (QED) is 0.453. The van der Waals surface area contributed by atoms with Gasteiger partial charge in [-0.1, -0.05) is 19.1 Å². The Morgan fingerprint density at radius 2 is 1.83 bits per heavy atom. The zero-order valence-electron chi connectivity index (χ0n) is 21.9. The van der Waals surface area contributed by atoms with Crippen LogP contribution in [0.15, 0.2) is 30.3 Å². The van der Waals surface area contributed by atoms with E-state index in [0.717, 1.165) is 25.1 Å². The highest BCUT2D eigenvalue weighted by Gasteiger charge is 2.41. The molecule has 3 atom stereocenters. The van der Waals surface area contributed by atoms with Gasteiger partial charge in [-0.2, -0.15) is 13.2 Å². The summed E-state index contributed by atoms with van der Waals surface area (Å²) in [5, 5.41) is -0.490. The Hall–Kier alpha value is -1.87. The second kappa shape index (κ2) is 11.3. The largest absolute Gasteiger partial charge is 0.416 e. The Morgan fingerprint density at radius 3 is 2.39 bits per heavy atom. The lowest BCUT2D eigenvalue weighted by Gasteiger charge is -2.47. The molecular weight excluding hydrogens is 489 g/mol. The topological polar surface area (TPSA) is 57.7 Å². The molecule has 0 saturated heterocycles. The van der Waals surface area contributed by atoms with Crippen LogP contribution in [0.3, 0.4) is 0 Å². The lowest BCUT2D eigenvalue weighted by molar-refractivity contribution is -0.137. The number of carbonyl (C=O) groups is 1. The molecule has 1 aliphatic heterocycles. The maximum Gasteiger partial charge on any atom is 0.416 e. The van der Waals surface area contributed by atoms with E-state index in [9.17, 15) is 26.4 Å². The van der Waals surface area contributed by atoms with Crippen LogP contribution in [0.25, 0.3) is 5.57 Å². The molecule has 0 radical (unpaired) electrons. The van der Waals surface area contributed by atoms with Gasteiger partial charge in [0.15, 0.2) is 9.84 Å². The van der Waals surface area contributed by atoms with Crippen molar-refractivity contribution in [1.29, 1.82) is 0 Å². The maximum atomic E-state index is 13.3. The summed E-state index contributed by atoms with van der Waals surface area (Å²) in [6, 6.07) is 5.46. The lowest BCUT2D eigenvalue weighted by atomic mass is 9.80. The smallest absolute Gasteiger partial charge is 0.336 e. The second-order valence-electron chi connectivity index (χ2n) is 10.6. The number of alkyl halides is 3. The Bertz CT molecular complexity index is 1070. The summed E-state index contributed by atoms with van der Waals surface area (Å²) >= 11 is 0. The number of carbonyl (C=O) groups excluding carboxylic acids is 1. The third-order valence-corrected chi connectivity index (χ3v) is 10.1. The number of sulfone groups is 1. The van der Waals surface area contributed by atoms with E-state index >= 15 is 0 Å². The van der Waals surface area contributed by atoms with Crippen molar-refractivity contribution >= 4 is 21.3 Å². The van der Waals surface area contributed by atoms with E-state index in [1.54, 1.807) is 24.8 Å². The minimum Gasteiger partial charge on any atom is -0.336 e. The molecule has 36 heavy (non-hydrogen) atoms. The van der Waals surface area contributed by atoms with Crippen LogP contribution >= 0.6 is 0 Å². The molecule has 9 heteroatoms. The van der Waals surface area contributed by atoms with Crippen LogP contribution in [0, 0.1) is 5.92 Å². The van der Waals surface area contributed by atoms with Crippen molar-refractivity contribution in [3.8, 4) is 0 Å². The highest BCUT2D eigenvalue weighted by atomic mass is 32.2. The number of rotatable bonds is 8. The summed E-state index contributed by atoms with van der Waals surface area (Å²) in [6.07, 6.45) is -0.281. The molecule has 1 aliphatic carbocycles. The van der Waals surface area contributed by atoms with E-state index in [2.05, 4.69) is 25.7 Å². The van der Waals surface area contributed by atoms with Gasteiger partial charge in [0, 0.05) is 30.7 Å². The van der Waals surface area contributed by atoms with Crippen molar-refractivity contribution in [3.63, 3.8) is 0 Å². The van der Waals surface area contributed by atoms with Crippen LogP contribution in [0.1, 0.15) is 71.4 Å². The number of halogens is 3. The molecule has 0 aromatic heterocycles. The van der Waals surface area contributed by atoms with E-state index < -0.39 is 26.8 Å². The zero-order valence-corrected chi connectivity index (χ0v) is 22.7. The third kappa shape index (κ3) is 6.52. The minimum atomic E-state index is -4.45. The normalized spacial score (nSPS) is 24.1. The molecule has 1 aromatic carbocycles. The van der Waals surface area contributed by atoms with Crippen LogP contribution in [0.2, 0.25) is 0 Å². The zero-order chi connectivity index (χ0) is 26.8. The summed E-state index contributed by atoms with van der Waals surface area (Å²) < 4.78 is 65.3.